The van der Waals surface area contributed by atoms with Crippen molar-refractivity contribution in [3.63, 3.8) is 0 Å². The van der Waals surface area contributed by atoms with Crippen LogP contribution >= 0.6 is 35.0 Å². The molecule has 6 heteroatoms. The van der Waals surface area contributed by atoms with Crippen molar-refractivity contribution in [3.05, 3.63) is 80.7 Å². The Bertz CT molecular complexity index is 905. The van der Waals surface area contributed by atoms with Gasteiger partial charge in [-0.25, -0.2) is 4.99 Å². The molecule has 3 nitrogen and oxygen atoms in total. The fraction of sp³-hybridized carbons (Fsp3) is 0.0526. The Morgan fingerprint density at radius 2 is 1.88 bits per heavy atom. The highest BCUT2D eigenvalue weighted by Gasteiger charge is 2.24. The van der Waals surface area contributed by atoms with Crippen LogP contribution in [0.4, 0.5) is 5.69 Å². The Labute approximate surface area is 160 Å². The molecule has 1 amide bonds. The molecule has 0 radical (unpaired) electrons. The van der Waals surface area contributed by atoms with Gasteiger partial charge in [0.25, 0.3) is 5.91 Å². The number of amides is 1. The standard InChI is InChI=1S/C19H14Cl2N2OS/c1-12(10-13-6-3-2-4-7-13)11-16-18(24)23-19(25-16)22-15-9-5-8-14(20)17(15)21/h2-11H,1H3,(H,22,23,24)/b12-10+,16-11-. The van der Waals surface area contributed by atoms with Crippen molar-refractivity contribution < 1.29 is 4.79 Å². The van der Waals surface area contributed by atoms with E-state index in [2.05, 4.69) is 10.3 Å². The quantitative estimate of drug-likeness (QED) is 0.671. The Morgan fingerprint density at radius 3 is 2.64 bits per heavy atom. The molecular weight excluding hydrogens is 375 g/mol. The molecule has 25 heavy (non-hydrogen) atoms. The van der Waals surface area contributed by atoms with E-state index in [0.29, 0.717) is 25.8 Å². The van der Waals surface area contributed by atoms with E-state index >= 15 is 0 Å². The molecule has 0 aromatic heterocycles. The lowest BCUT2D eigenvalue weighted by atomic mass is 10.1. The van der Waals surface area contributed by atoms with E-state index in [4.69, 9.17) is 23.2 Å². The molecule has 1 N–H and O–H groups in total. The minimum absolute atomic E-state index is 0.178. The average Bonchev–Trinajstić information content (AvgIpc) is 2.92. The van der Waals surface area contributed by atoms with E-state index in [0.717, 1.165) is 11.1 Å². The second-order valence-corrected chi connectivity index (χ2v) is 7.17. The number of carbonyl (C=O) groups is 1. The summed E-state index contributed by atoms with van der Waals surface area (Å²) in [5.41, 5.74) is 2.58. The Balaban J connectivity index is 1.81. The van der Waals surface area contributed by atoms with Gasteiger partial charge in [0.05, 0.1) is 20.6 Å². The van der Waals surface area contributed by atoms with Gasteiger partial charge in [0, 0.05) is 0 Å². The number of amidine groups is 1. The third-order valence-corrected chi connectivity index (χ3v) is 5.08. The maximum absolute atomic E-state index is 12.1. The highest BCUT2D eigenvalue weighted by Crippen LogP contribution is 2.34. The third-order valence-electron chi connectivity index (χ3n) is 3.36. The summed E-state index contributed by atoms with van der Waals surface area (Å²) in [5, 5.41) is 4.02. The number of halogens is 2. The molecule has 0 saturated carbocycles. The molecule has 2 aromatic rings. The zero-order chi connectivity index (χ0) is 17.8. The van der Waals surface area contributed by atoms with E-state index in [1.165, 1.54) is 11.8 Å². The van der Waals surface area contributed by atoms with Gasteiger partial charge < -0.3 is 5.32 Å². The number of aliphatic imine (C=N–C) groups is 1. The molecule has 126 valence electrons. The summed E-state index contributed by atoms with van der Waals surface area (Å²) in [6.07, 6.45) is 3.86. The topological polar surface area (TPSA) is 41.5 Å². The van der Waals surface area contributed by atoms with E-state index in [1.54, 1.807) is 18.2 Å². The van der Waals surface area contributed by atoms with Gasteiger partial charge in [-0.2, -0.15) is 0 Å². The van der Waals surface area contributed by atoms with Crippen molar-refractivity contribution in [1.29, 1.82) is 0 Å². The lowest BCUT2D eigenvalue weighted by Gasteiger charge is -2.00. The number of nitrogens with zero attached hydrogens (tertiary/aromatic N) is 1. The molecule has 3 rings (SSSR count). The SMILES string of the molecule is CC(/C=C1\SC(=Nc2cccc(Cl)c2Cl)NC1=O)=C\c1ccccc1. The summed E-state index contributed by atoms with van der Waals surface area (Å²) in [5.74, 6) is -0.178. The summed E-state index contributed by atoms with van der Waals surface area (Å²) >= 11 is 13.4. The first-order valence-electron chi connectivity index (χ1n) is 7.50. The summed E-state index contributed by atoms with van der Waals surface area (Å²) in [4.78, 5) is 17.1. The van der Waals surface area contributed by atoms with Crippen LogP contribution in [0.3, 0.4) is 0 Å². The largest absolute Gasteiger partial charge is 0.300 e. The summed E-state index contributed by atoms with van der Waals surface area (Å²) in [6, 6.07) is 15.1. The smallest absolute Gasteiger partial charge is 0.264 e. The van der Waals surface area contributed by atoms with Crippen LogP contribution < -0.4 is 5.32 Å². The van der Waals surface area contributed by atoms with E-state index < -0.39 is 0 Å². The molecule has 1 aliphatic heterocycles. The van der Waals surface area contributed by atoms with Crippen LogP contribution in [0.15, 0.2) is 70.1 Å². The summed E-state index contributed by atoms with van der Waals surface area (Å²) < 4.78 is 0. The monoisotopic (exact) mass is 388 g/mol. The third kappa shape index (κ3) is 4.54. The Kier molecular flexibility index (Phi) is 5.63. The number of benzene rings is 2. The first-order valence-corrected chi connectivity index (χ1v) is 9.07. The number of hydrogen-bond donors (Lipinski definition) is 1. The predicted molar refractivity (Wildman–Crippen MR) is 107 cm³/mol. The van der Waals surface area contributed by atoms with Crippen LogP contribution in [0.25, 0.3) is 6.08 Å². The van der Waals surface area contributed by atoms with Crippen molar-refractivity contribution in [2.45, 2.75) is 6.92 Å². The lowest BCUT2D eigenvalue weighted by molar-refractivity contribution is -0.115. The summed E-state index contributed by atoms with van der Waals surface area (Å²) in [6.45, 7) is 1.96. The van der Waals surface area contributed by atoms with Gasteiger partial charge in [0.15, 0.2) is 5.17 Å². The molecule has 1 saturated heterocycles. The maximum atomic E-state index is 12.1. The molecule has 0 unspecified atom stereocenters. The number of rotatable bonds is 3. The van der Waals surface area contributed by atoms with Crippen LogP contribution in [0.5, 0.6) is 0 Å². The van der Waals surface area contributed by atoms with Gasteiger partial charge in [0.1, 0.15) is 0 Å². The second-order valence-electron chi connectivity index (χ2n) is 5.35. The van der Waals surface area contributed by atoms with Crippen LogP contribution in [-0.4, -0.2) is 11.1 Å². The van der Waals surface area contributed by atoms with Crippen molar-refractivity contribution in [2.75, 3.05) is 0 Å². The minimum atomic E-state index is -0.178. The molecule has 0 atom stereocenters. The highest BCUT2D eigenvalue weighted by atomic mass is 35.5. The van der Waals surface area contributed by atoms with Gasteiger partial charge in [0.2, 0.25) is 0 Å². The second kappa shape index (κ2) is 7.91. The van der Waals surface area contributed by atoms with Crippen LogP contribution in [0.2, 0.25) is 10.0 Å². The molecule has 0 aliphatic carbocycles. The molecule has 0 spiro atoms. The maximum Gasteiger partial charge on any atom is 0.264 e. The first-order chi connectivity index (χ1) is 12.0. The number of nitrogens with one attached hydrogen (secondary N) is 1. The zero-order valence-corrected chi connectivity index (χ0v) is 15.6. The van der Waals surface area contributed by atoms with E-state index in [1.807, 2.05) is 49.4 Å². The molecule has 1 aliphatic rings. The van der Waals surface area contributed by atoms with Crippen LogP contribution in [-0.2, 0) is 4.79 Å². The van der Waals surface area contributed by atoms with Crippen molar-refractivity contribution in [3.8, 4) is 0 Å². The van der Waals surface area contributed by atoms with Crippen molar-refractivity contribution in [2.24, 2.45) is 4.99 Å². The first kappa shape index (κ1) is 17.8. The van der Waals surface area contributed by atoms with Crippen LogP contribution in [0.1, 0.15) is 12.5 Å². The number of hydrogen-bond acceptors (Lipinski definition) is 3. The molecular formula is C19H14Cl2N2OS. The minimum Gasteiger partial charge on any atom is -0.300 e. The lowest BCUT2D eigenvalue weighted by Crippen LogP contribution is -2.19. The number of thioether (sulfide) groups is 1. The van der Waals surface area contributed by atoms with Gasteiger partial charge in [-0.05, 0) is 48.0 Å². The van der Waals surface area contributed by atoms with Crippen molar-refractivity contribution in [1.82, 2.24) is 5.32 Å². The van der Waals surface area contributed by atoms with Gasteiger partial charge in [-0.15, -0.1) is 0 Å². The molecule has 0 bridgehead atoms. The predicted octanol–water partition coefficient (Wildman–Crippen LogP) is 5.83. The Morgan fingerprint density at radius 1 is 1.12 bits per heavy atom. The summed E-state index contributed by atoms with van der Waals surface area (Å²) in [7, 11) is 0. The van der Waals surface area contributed by atoms with Gasteiger partial charge >= 0.3 is 0 Å². The van der Waals surface area contributed by atoms with Crippen molar-refractivity contribution >= 4 is 57.8 Å². The van der Waals surface area contributed by atoms with Crippen LogP contribution in [0, 0.1) is 0 Å². The fourth-order valence-corrected chi connectivity index (χ4v) is 3.45. The molecule has 2 aromatic carbocycles. The van der Waals surface area contributed by atoms with Gasteiger partial charge in [-0.1, -0.05) is 65.7 Å². The molecule has 1 heterocycles. The highest BCUT2D eigenvalue weighted by molar-refractivity contribution is 8.18. The van der Waals surface area contributed by atoms with E-state index in [-0.39, 0.29) is 5.91 Å². The normalized spacial score (nSPS) is 18.0. The fourth-order valence-electron chi connectivity index (χ4n) is 2.23. The van der Waals surface area contributed by atoms with E-state index in [9.17, 15) is 4.79 Å². The average molecular weight is 389 g/mol. The zero-order valence-electron chi connectivity index (χ0n) is 13.3. The number of carbonyl (C=O) groups excluding carboxylic acids is 1. The Hall–Kier alpha value is -2.01. The number of allylic oxidation sites excluding steroid dienone is 2. The van der Waals surface area contributed by atoms with Gasteiger partial charge in [-0.3, -0.25) is 4.79 Å². The molecule has 1 fully saturated rings.